The van der Waals surface area contributed by atoms with Crippen LogP contribution in [0.4, 0.5) is 4.39 Å². The highest BCUT2D eigenvalue weighted by Crippen LogP contribution is 2.24. The van der Waals surface area contributed by atoms with Crippen LogP contribution in [0.3, 0.4) is 0 Å². The predicted octanol–water partition coefficient (Wildman–Crippen LogP) is 3.44. The quantitative estimate of drug-likeness (QED) is 0.875. The van der Waals surface area contributed by atoms with E-state index in [1.807, 2.05) is 29.9 Å². The lowest BCUT2D eigenvalue weighted by Crippen LogP contribution is -2.25. The average Bonchev–Trinajstić information content (AvgIpc) is 2.83. The zero-order valence-corrected chi connectivity index (χ0v) is 12.4. The Morgan fingerprint density at radius 3 is 2.75 bits per heavy atom. The normalized spacial score (nSPS) is 12.6. The molecule has 108 valence electrons. The number of nitrogens with zero attached hydrogens (tertiary/aromatic N) is 2. The molecule has 3 nitrogen and oxygen atoms in total. The number of benzene rings is 1. The highest BCUT2D eigenvalue weighted by Gasteiger charge is 2.18. The lowest BCUT2D eigenvalue weighted by molar-refractivity contribution is 0.518. The number of aromatic nitrogens is 2. The maximum Gasteiger partial charge on any atom is 0.123 e. The molecule has 0 saturated heterocycles. The minimum Gasteiger partial charge on any atom is -0.305 e. The minimum atomic E-state index is -0.190. The fourth-order valence-corrected chi connectivity index (χ4v) is 2.52. The lowest BCUT2D eigenvalue weighted by atomic mass is 10.0. The minimum absolute atomic E-state index is 0.0246. The van der Waals surface area contributed by atoms with E-state index in [9.17, 15) is 4.39 Å². The van der Waals surface area contributed by atoms with Gasteiger partial charge in [-0.05, 0) is 49.2 Å². The van der Waals surface area contributed by atoms with Crippen molar-refractivity contribution < 1.29 is 4.39 Å². The molecule has 0 aliphatic rings. The Morgan fingerprint density at radius 1 is 1.30 bits per heavy atom. The van der Waals surface area contributed by atoms with Gasteiger partial charge in [-0.3, -0.25) is 4.68 Å². The molecule has 1 aromatic heterocycles. The molecule has 0 fully saturated rings. The zero-order valence-electron chi connectivity index (χ0n) is 12.4. The van der Waals surface area contributed by atoms with Crippen molar-refractivity contribution in [3.63, 3.8) is 0 Å². The largest absolute Gasteiger partial charge is 0.305 e. The van der Waals surface area contributed by atoms with E-state index in [-0.39, 0.29) is 11.9 Å². The van der Waals surface area contributed by atoms with Crippen LogP contribution in [0.25, 0.3) is 0 Å². The first-order chi connectivity index (χ1) is 9.65. The van der Waals surface area contributed by atoms with Crippen molar-refractivity contribution in [3.8, 4) is 0 Å². The number of nitrogens with one attached hydrogen (secondary N) is 1. The van der Waals surface area contributed by atoms with Gasteiger partial charge in [0.15, 0.2) is 0 Å². The molecule has 0 aliphatic carbocycles. The fourth-order valence-electron chi connectivity index (χ4n) is 2.52. The summed E-state index contributed by atoms with van der Waals surface area (Å²) in [5.74, 6) is -0.190. The van der Waals surface area contributed by atoms with Gasteiger partial charge in [0.1, 0.15) is 5.82 Å². The van der Waals surface area contributed by atoms with Crippen LogP contribution >= 0.6 is 0 Å². The van der Waals surface area contributed by atoms with E-state index < -0.39 is 0 Å². The predicted molar refractivity (Wildman–Crippen MR) is 79.2 cm³/mol. The van der Waals surface area contributed by atoms with E-state index in [0.717, 1.165) is 36.3 Å². The molecular weight excluding hydrogens is 253 g/mol. The molecule has 1 heterocycles. The molecule has 1 unspecified atom stereocenters. The topological polar surface area (TPSA) is 29.9 Å². The van der Waals surface area contributed by atoms with Crippen LogP contribution < -0.4 is 5.32 Å². The monoisotopic (exact) mass is 275 g/mol. The zero-order chi connectivity index (χ0) is 14.5. The van der Waals surface area contributed by atoms with Crippen LogP contribution in [0.1, 0.15) is 43.1 Å². The summed E-state index contributed by atoms with van der Waals surface area (Å²) < 4.78 is 15.7. The Hall–Kier alpha value is -1.68. The Kier molecular flexibility index (Phi) is 4.90. The van der Waals surface area contributed by atoms with Gasteiger partial charge in [0.2, 0.25) is 0 Å². The first kappa shape index (κ1) is 14.7. The van der Waals surface area contributed by atoms with Crippen molar-refractivity contribution in [3.05, 3.63) is 53.1 Å². The van der Waals surface area contributed by atoms with E-state index in [1.54, 1.807) is 12.1 Å². The SMILES string of the molecule is CCCn1nccc1C(NCC)c1cc(C)cc(F)c1. The van der Waals surface area contributed by atoms with E-state index >= 15 is 0 Å². The van der Waals surface area contributed by atoms with Crippen LogP contribution in [-0.2, 0) is 6.54 Å². The second kappa shape index (κ2) is 6.66. The molecular formula is C16H22FN3. The average molecular weight is 275 g/mol. The molecule has 2 aromatic rings. The van der Waals surface area contributed by atoms with Gasteiger partial charge >= 0.3 is 0 Å². The Balaban J connectivity index is 2.41. The first-order valence-electron chi connectivity index (χ1n) is 7.17. The van der Waals surface area contributed by atoms with Crippen LogP contribution in [0.5, 0.6) is 0 Å². The Morgan fingerprint density at radius 2 is 2.10 bits per heavy atom. The summed E-state index contributed by atoms with van der Waals surface area (Å²) in [6, 6.07) is 7.16. The second-order valence-corrected chi connectivity index (χ2v) is 5.03. The van der Waals surface area contributed by atoms with Crippen molar-refractivity contribution in [2.45, 2.75) is 39.8 Å². The summed E-state index contributed by atoms with van der Waals surface area (Å²) in [5.41, 5.74) is 2.96. The number of rotatable bonds is 6. The van der Waals surface area contributed by atoms with Crippen molar-refractivity contribution >= 4 is 0 Å². The molecule has 4 heteroatoms. The first-order valence-corrected chi connectivity index (χ1v) is 7.17. The van der Waals surface area contributed by atoms with Crippen molar-refractivity contribution in [1.29, 1.82) is 0 Å². The van der Waals surface area contributed by atoms with Gasteiger partial charge in [-0.15, -0.1) is 0 Å². The van der Waals surface area contributed by atoms with Crippen LogP contribution in [0.15, 0.2) is 30.5 Å². The highest BCUT2D eigenvalue weighted by molar-refractivity contribution is 5.31. The smallest absolute Gasteiger partial charge is 0.123 e. The van der Waals surface area contributed by atoms with E-state index in [4.69, 9.17) is 0 Å². The van der Waals surface area contributed by atoms with Crippen molar-refractivity contribution in [1.82, 2.24) is 15.1 Å². The summed E-state index contributed by atoms with van der Waals surface area (Å²) in [6.07, 6.45) is 2.83. The van der Waals surface area contributed by atoms with Crippen LogP contribution in [-0.4, -0.2) is 16.3 Å². The van der Waals surface area contributed by atoms with Gasteiger partial charge in [0, 0.05) is 12.7 Å². The third-order valence-electron chi connectivity index (χ3n) is 3.29. The summed E-state index contributed by atoms with van der Waals surface area (Å²) in [6.45, 7) is 7.79. The molecule has 0 saturated carbocycles. The molecule has 0 radical (unpaired) electrons. The standard InChI is InChI=1S/C16H22FN3/c1-4-8-20-15(6-7-19-20)16(18-5-2)13-9-12(3)10-14(17)11-13/h6-7,9-11,16,18H,4-5,8H2,1-3H3. The fraction of sp³-hybridized carbons (Fsp3) is 0.438. The van der Waals surface area contributed by atoms with E-state index in [1.165, 1.54) is 0 Å². The van der Waals surface area contributed by atoms with Gasteiger partial charge in [-0.25, -0.2) is 4.39 Å². The van der Waals surface area contributed by atoms with Gasteiger partial charge in [-0.2, -0.15) is 5.10 Å². The molecule has 0 aliphatic heterocycles. The van der Waals surface area contributed by atoms with Crippen LogP contribution in [0, 0.1) is 12.7 Å². The third kappa shape index (κ3) is 3.25. The molecule has 1 N–H and O–H groups in total. The molecule has 0 bridgehead atoms. The van der Waals surface area contributed by atoms with Crippen molar-refractivity contribution in [2.75, 3.05) is 6.54 Å². The molecule has 0 amide bonds. The Bertz CT molecular complexity index is 542. The van der Waals surface area contributed by atoms with Gasteiger partial charge in [0.25, 0.3) is 0 Å². The van der Waals surface area contributed by atoms with Crippen LogP contribution in [0.2, 0.25) is 0 Å². The molecule has 20 heavy (non-hydrogen) atoms. The molecule has 1 atom stereocenters. The molecule has 1 aromatic carbocycles. The number of halogens is 1. The number of hydrogen-bond donors (Lipinski definition) is 1. The van der Waals surface area contributed by atoms with Gasteiger partial charge < -0.3 is 5.32 Å². The number of hydrogen-bond acceptors (Lipinski definition) is 2. The summed E-state index contributed by atoms with van der Waals surface area (Å²) >= 11 is 0. The van der Waals surface area contributed by atoms with Gasteiger partial charge in [0.05, 0.1) is 11.7 Å². The summed E-state index contributed by atoms with van der Waals surface area (Å²) in [4.78, 5) is 0. The number of aryl methyl sites for hydroxylation is 2. The second-order valence-electron chi connectivity index (χ2n) is 5.03. The Labute approximate surface area is 119 Å². The summed E-state index contributed by atoms with van der Waals surface area (Å²) in [7, 11) is 0. The van der Waals surface area contributed by atoms with E-state index in [2.05, 4.69) is 24.3 Å². The summed E-state index contributed by atoms with van der Waals surface area (Å²) in [5, 5.41) is 7.79. The lowest BCUT2D eigenvalue weighted by Gasteiger charge is -2.20. The van der Waals surface area contributed by atoms with Crippen molar-refractivity contribution in [2.24, 2.45) is 0 Å². The maximum absolute atomic E-state index is 13.7. The molecule has 0 spiro atoms. The highest BCUT2D eigenvalue weighted by atomic mass is 19.1. The molecule has 2 rings (SSSR count). The van der Waals surface area contributed by atoms with Gasteiger partial charge in [-0.1, -0.05) is 19.9 Å². The maximum atomic E-state index is 13.7. The third-order valence-corrected chi connectivity index (χ3v) is 3.29. The van der Waals surface area contributed by atoms with E-state index in [0.29, 0.717) is 0 Å².